The van der Waals surface area contributed by atoms with Crippen molar-refractivity contribution in [3.8, 4) is 0 Å². The van der Waals surface area contributed by atoms with E-state index in [0.717, 1.165) is 0 Å². The van der Waals surface area contributed by atoms with Gasteiger partial charge in [-0.25, -0.2) is 9.59 Å². The van der Waals surface area contributed by atoms with Gasteiger partial charge in [-0.05, 0) is 39.3 Å². The summed E-state index contributed by atoms with van der Waals surface area (Å²) in [5.74, 6) is -2.97. The van der Waals surface area contributed by atoms with E-state index < -0.39 is 47.9 Å². The highest BCUT2D eigenvalue weighted by Gasteiger charge is 2.39. The van der Waals surface area contributed by atoms with Crippen LogP contribution in [-0.4, -0.2) is 53.7 Å². The lowest BCUT2D eigenvalue weighted by molar-refractivity contribution is -0.169. The molecular formula is C20H24N2O8. The van der Waals surface area contributed by atoms with E-state index in [-0.39, 0.29) is 24.0 Å². The van der Waals surface area contributed by atoms with E-state index in [1.54, 1.807) is 32.9 Å². The number of nitrogens with one attached hydrogen (secondary N) is 1. The molecule has 0 aromatic heterocycles. The predicted molar refractivity (Wildman–Crippen MR) is 102 cm³/mol. The van der Waals surface area contributed by atoms with Gasteiger partial charge in [-0.15, -0.1) is 0 Å². The lowest BCUT2D eigenvalue weighted by Gasteiger charge is -2.23. The van der Waals surface area contributed by atoms with Crippen LogP contribution >= 0.6 is 0 Å². The zero-order valence-corrected chi connectivity index (χ0v) is 17.2. The number of hydrogen-bond donors (Lipinski definition) is 1. The summed E-state index contributed by atoms with van der Waals surface area (Å²) in [6.45, 7) is 5.02. The molecule has 30 heavy (non-hydrogen) atoms. The number of nitrogens with zero attached hydrogens (tertiary/aromatic N) is 1. The standard InChI is InChI=1S/C20H24N2O8/c1-20(2,3)29-19(27)21-12(9-10-15(23)28-4)11-16(24)30-22-17(25)13-7-5-6-8-14(13)18(22)26/h5-8,12H,9-11H2,1-4H3,(H,21,27)/t12-/m0/s1. The van der Waals surface area contributed by atoms with Crippen molar-refractivity contribution in [3.63, 3.8) is 0 Å². The lowest BCUT2D eigenvalue weighted by Crippen LogP contribution is -2.42. The first-order valence-electron chi connectivity index (χ1n) is 9.26. The first kappa shape index (κ1) is 22.9. The third-order valence-electron chi connectivity index (χ3n) is 4.01. The highest BCUT2D eigenvalue weighted by atomic mass is 16.7. The van der Waals surface area contributed by atoms with Gasteiger partial charge in [0.25, 0.3) is 11.8 Å². The van der Waals surface area contributed by atoms with E-state index in [2.05, 4.69) is 10.1 Å². The van der Waals surface area contributed by atoms with Crippen molar-refractivity contribution in [1.29, 1.82) is 0 Å². The number of carbonyl (C=O) groups is 5. The maximum Gasteiger partial charge on any atom is 0.407 e. The molecule has 0 fully saturated rings. The Morgan fingerprint density at radius 1 is 1.03 bits per heavy atom. The van der Waals surface area contributed by atoms with Gasteiger partial charge in [-0.3, -0.25) is 14.4 Å². The van der Waals surface area contributed by atoms with Crippen LogP contribution in [0.15, 0.2) is 24.3 Å². The molecule has 1 heterocycles. The van der Waals surface area contributed by atoms with Crippen LogP contribution in [0.5, 0.6) is 0 Å². The van der Waals surface area contributed by atoms with Crippen LogP contribution in [-0.2, 0) is 23.9 Å². The molecule has 2 rings (SSSR count). The highest BCUT2D eigenvalue weighted by molar-refractivity contribution is 6.20. The number of ether oxygens (including phenoxy) is 2. The van der Waals surface area contributed by atoms with E-state index in [0.29, 0.717) is 5.06 Å². The van der Waals surface area contributed by atoms with Crippen molar-refractivity contribution < 1.29 is 38.3 Å². The second kappa shape index (κ2) is 9.38. The molecule has 1 aromatic rings. The molecule has 10 nitrogen and oxygen atoms in total. The van der Waals surface area contributed by atoms with E-state index in [1.165, 1.54) is 19.2 Å². The van der Waals surface area contributed by atoms with Crippen molar-refractivity contribution in [1.82, 2.24) is 10.4 Å². The summed E-state index contributed by atoms with van der Waals surface area (Å²) in [4.78, 5) is 65.4. The fourth-order valence-corrected chi connectivity index (χ4v) is 2.68. The fraction of sp³-hybridized carbons (Fsp3) is 0.450. The number of imide groups is 1. The number of hydrogen-bond acceptors (Lipinski definition) is 8. The zero-order chi connectivity index (χ0) is 22.5. The van der Waals surface area contributed by atoms with Gasteiger partial charge in [-0.1, -0.05) is 17.2 Å². The molecule has 0 spiro atoms. The van der Waals surface area contributed by atoms with Crippen LogP contribution < -0.4 is 5.32 Å². The second-order valence-electron chi connectivity index (χ2n) is 7.58. The quantitative estimate of drug-likeness (QED) is 0.524. The minimum atomic E-state index is -0.935. The molecule has 0 saturated carbocycles. The molecule has 1 atom stereocenters. The first-order valence-corrected chi connectivity index (χ1v) is 9.26. The van der Waals surface area contributed by atoms with Gasteiger partial charge in [0.2, 0.25) is 0 Å². The molecule has 0 aliphatic carbocycles. The number of fused-ring (bicyclic) bond motifs is 1. The second-order valence-corrected chi connectivity index (χ2v) is 7.58. The van der Waals surface area contributed by atoms with Crippen LogP contribution in [0, 0.1) is 0 Å². The maximum atomic E-state index is 12.4. The molecule has 1 N–H and O–H groups in total. The van der Waals surface area contributed by atoms with Gasteiger partial charge in [0, 0.05) is 12.5 Å². The number of methoxy groups -OCH3 is 1. The third-order valence-corrected chi connectivity index (χ3v) is 4.01. The Morgan fingerprint density at radius 3 is 2.10 bits per heavy atom. The van der Waals surface area contributed by atoms with Gasteiger partial charge in [0.05, 0.1) is 24.7 Å². The summed E-state index contributed by atoms with van der Waals surface area (Å²) in [5, 5.41) is 2.88. The number of rotatable bonds is 7. The van der Waals surface area contributed by atoms with Crippen molar-refractivity contribution in [2.75, 3.05) is 7.11 Å². The lowest BCUT2D eigenvalue weighted by atomic mass is 10.1. The maximum absolute atomic E-state index is 12.4. The smallest absolute Gasteiger partial charge is 0.407 e. The molecule has 1 aliphatic rings. The Kier molecular flexibility index (Phi) is 7.14. The van der Waals surface area contributed by atoms with Gasteiger partial charge >= 0.3 is 18.0 Å². The third kappa shape index (κ3) is 6.03. The molecule has 0 saturated heterocycles. The Balaban J connectivity index is 2.02. The Hall–Kier alpha value is -3.43. The minimum absolute atomic E-state index is 0.0587. The zero-order valence-electron chi connectivity index (χ0n) is 17.2. The van der Waals surface area contributed by atoms with Gasteiger partial charge in [-0.2, -0.15) is 0 Å². The van der Waals surface area contributed by atoms with E-state index in [4.69, 9.17) is 9.57 Å². The number of amides is 3. The summed E-state index contributed by atoms with van der Waals surface area (Å²) in [7, 11) is 1.22. The monoisotopic (exact) mass is 420 g/mol. The molecule has 1 aromatic carbocycles. The van der Waals surface area contributed by atoms with Crippen molar-refractivity contribution in [2.24, 2.45) is 0 Å². The average molecular weight is 420 g/mol. The predicted octanol–water partition coefficient (Wildman–Crippen LogP) is 1.98. The van der Waals surface area contributed by atoms with Crippen LogP contribution in [0.25, 0.3) is 0 Å². The van der Waals surface area contributed by atoms with Gasteiger partial charge in [0.15, 0.2) is 0 Å². The van der Waals surface area contributed by atoms with E-state index in [9.17, 15) is 24.0 Å². The minimum Gasteiger partial charge on any atom is -0.469 e. The number of esters is 1. The molecule has 0 radical (unpaired) electrons. The van der Waals surface area contributed by atoms with Gasteiger partial charge in [0.1, 0.15) is 5.60 Å². The Labute approximate surface area is 173 Å². The molecule has 0 unspecified atom stereocenters. The van der Waals surface area contributed by atoms with Gasteiger partial charge < -0.3 is 19.6 Å². The molecule has 162 valence electrons. The Bertz CT molecular complexity index is 824. The summed E-state index contributed by atoms with van der Waals surface area (Å²) in [5.41, 5.74) is -0.508. The number of hydroxylamine groups is 2. The van der Waals surface area contributed by atoms with Crippen molar-refractivity contribution >= 4 is 29.8 Å². The summed E-state index contributed by atoms with van der Waals surface area (Å²) in [6, 6.07) is 5.23. The number of alkyl carbamates (subject to hydrolysis) is 1. The molecule has 1 aliphatic heterocycles. The normalized spacial score (nSPS) is 14.1. The highest BCUT2D eigenvalue weighted by Crippen LogP contribution is 2.23. The number of benzene rings is 1. The van der Waals surface area contributed by atoms with E-state index in [1.807, 2.05) is 0 Å². The van der Waals surface area contributed by atoms with Crippen LogP contribution in [0.4, 0.5) is 4.79 Å². The summed E-state index contributed by atoms with van der Waals surface area (Å²) >= 11 is 0. The SMILES string of the molecule is COC(=O)CC[C@@H](CC(=O)ON1C(=O)c2ccccc2C1=O)NC(=O)OC(C)(C)C. The van der Waals surface area contributed by atoms with Crippen molar-refractivity contribution in [2.45, 2.75) is 51.7 Å². The largest absolute Gasteiger partial charge is 0.469 e. The fourth-order valence-electron chi connectivity index (χ4n) is 2.68. The first-order chi connectivity index (χ1) is 14.0. The summed E-state index contributed by atoms with van der Waals surface area (Å²) in [6.07, 6.45) is -1.20. The van der Waals surface area contributed by atoms with E-state index >= 15 is 0 Å². The van der Waals surface area contributed by atoms with Crippen LogP contribution in [0.3, 0.4) is 0 Å². The molecule has 0 bridgehead atoms. The summed E-state index contributed by atoms with van der Waals surface area (Å²) < 4.78 is 9.72. The Morgan fingerprint density at radius 2 is 1.60 bits per heavy atom. The molecule has 3 amide bonds. The topological polar surface area (TPSA) is 128 Å². The van der Waals surface area contributed by atoms with Crippen LogP contribution in [0.2, 0.25) is 0 Å². The average Bonchev–Trinajstić information content (AvgIpc) is 2.89. The van der Waals surface area contributed by atoms with Crippen molar-refractivity contribution in [3.05, 3.63) is 35.4 Å². The molecular weight excluding hydrogens is 396 g/mol. The number of carbonyl (C=O) groups excluding carboxylic acids is 5. The van der Waals surface area contributed by atoms with Crippen LogP contribution in [0.1, 0.15) is 60.7 Å². The molecule has 10 heteroatoms.